The average molecular weight is 218 g/mol. The number of nitrogens with zero attached hydrogens (tertiary/aromatic N) is 2. The first kappa shape index (κ1) is 9.98. The van der Waals surface area contributed by atoms with Crippen LogP contribution in [0.5, 0.6) is 0 Å². The number of thiazole rings is 1. The van der Waals surface area contributed by atoms with Gasteiger partial charge in [0.25, 0.3) is 0 Å². The Hall–Kier alpha value is -1.55. The van der Waals surface area contributed by atoms with Gasteiger partial charge < -0.3 is 0 Å². The first-order valence-electron chi connectivity index (χ1n) is 4.59. The fraction of sp³-hybridized carbons (Fsp3) is 0.182. The quantitative estimate of drug-likeness (QED) is 0.742. The maximum Gasteiger partial charge on any atom is 0.171 e. The van der Waals surface area contributed by atoms with Crippen LogP contribution in [0.3, 0.4) is 0 Å². The molecule has 2 aromatic heterocycles. The summed E-state index contributed by atoms with van der Waals surface area (Å²) in [5, 5.41) is 2.72. The first-order chi connectivity index (χ1) is 7.25. The minimum Gasteiger partial charge on any atom is -0.294 e. The fourth-order valence-electron chi connectivity index (χ4n) is 1.29. The van der Waals surface area contributed by atoms with Crippen LogP contribution >= 0.6 is 11.3 Å². The molecule has 4 heteroatoms. The van der Waals surface area contributed by atoms with Crippen LogP contribution in [0.2, 0.25) is 0 Å². The predicted octanol–water partition coefficient (Wildman–Crippen LogP) is 2.27. The van der Waals surface area contributed by atoms with Crippen LogP contribution < -0.4 is 0 Å². The molecule has 15 heavy (non-hydrogen) atoms. The summed E-state index contributed by atoms with van der Waals surface area (Å²) >= 11 is 1.50. The standard InChI is InChI=1S/C11H10N2OS/c1-8-4-9(7-12-6-8)10(14)5-11-13-2-3-15-11/h2-4,6-7H,5H2,1H3. The number of hydrogen-bond donors (Lipinski definition) is 0. The summed E-state index contributed by atoms with van der Waals surface area (Å²) in [6, 6.07) is 1.85. The van der Waals surface area contributed by atoms with Crippen LogP contribution in [0.25, 0.3) is 0 Å². The molecular weight excluding hydrogens is 208 g/mol. The van der Waals surface area contributed by atoms with E-state index < -0.39 is 0 Å². The third-order valence-electron chi connectivity index (χ3n) is 1.99. The third kappa shape index (κ3) is 2.47. The van der Waals surface area contributed by atoms with E-state index >= 15 is 0 Å². The molecule has 0 amide bonds. The molecule has 0 spiro atoms. The van der Waals surface area contributed by atoms with Gasteiger partial charge in [-0.2, -0.15) is 0 Å². The van der Waals surface area contributed by atoms with Crippen molar-refractivity contribution in [3.63, 3.8) is 0 Å². The Morgan fingerprint density at radius 1 is 1.47 bits per heavy atom. The van der Waals surface area contributed by atoms with Gasteiger partial charge in [-0.3, -0.25) is 9.78 Å². The SMILES string of the molecule is Cc1cncc(C(=O)Cc2nccs2)c1. The van der Waals surface area contributed by atoms with Crippen LogP contribution in [-0.4, -0.2) is 15.8 Å². The third-order valence-corrected chi connectivity index (χ3v) is 2.77. The van der Waals surface area contributed by atoms with Gasteiger partial charge in [0.05, 0.1) is 6.42 Å². The van der Waals surface area contributed by atoms with Crippen molar-refractivity contribution >= 4 is 17.1 Å². The first-order valence-corrected chi connectivity index (χ1v) is 5.47. The van der Waals surface area contributed by atoms with Gasteiger partial charge in [0.1, 0.15) is 5.01 Å². The van der Waals surface area contributed by atoms with E-state index in [0.29, 0.717) is 12.0 Å². The number of carbonyl (C=O) groups is 1. The summed E-state index contributed by atoms with van der Waals surface area (Å²) in [4.78, 5) is 19.9. The van der Waals surface area contributed by atoms with Crippen molar-refractivity contribution in [3.05, 3.63) is 46.2 Å². The molecular formula is C11H10N2OS. The van der Waals surface area contributed by atoms with Crippen molar-refractivity contribution < 1.29 is 4.79 Å². The molecule has 0 atom stereocenters. The second-order valence-electron chi connectivity index (χ2n) is 3.28. The summed E-state index contributed by atoms with van der Waals surface area (Å²) in [6.45, 7) is 1.92. The van der Waals surface area contributed by atoms with Crippen molar-refractivity contribution in [2.24, 2.45) is 0 Å². The molecule has 0 bridgehead atoms. The van der Waals surface area contributed by atoms with E-state index in [2.05, 4.69) is 9.97 Å². The minimum atomic E-state index is 0.0705. The smallest absolute Gasteiger partial charge is 0.171 e. The average Bonchev–Trinajstić information content (AvgIpc) is 2.70. The van der Waals surface area contributed by atoms with Crippen LogP contribution in [0.15, 0.2) is 30.0 Å². The Bertz CT molecular complexity index is 465. The number of aryl methyl sites for hydroxylation is 1. The number of pyridine rings is 1. The summed E-state index contributed by atoms with van der Waals surface area (Å²) in [6.07, 6.45) is 5.41. The highest BCUT2D eigenvalue weighted by Crippen LogP contribution is 2.10. The zero-order valence-corrected chi connectivity index (χ0v) is 9.12. The maximum absolute atomic E-state index is 11.8. The number of hydrogen-bond acceptors (Lipinski definition) is 4. The van der Waals surface area contributed by atoms with E-state index in [-0.39, 0.29) is 5.78 Å². The largest absolute Gasteiger partial charge is 0.294 e. The van der Waals surface area contributed by atoms with Gasteiger partial charge in [-0.1, -0.05) is 0 Å². The molecule has 2 rings (SSSR count). The second kappa shape index (κ2) is 4.31. The van der Waals surface area contributed by atoms with Crippen LogP contribution in [0.1, 0.15) is 20.9 Å². The van der Waals surface area contributed by atoms with Crippen molar-refractivity contribution in [1.82, 2.24) is 9.97 Å². The number of ketones is 1. The molecule has 0 aliphatic rings. The van der Waals surface area contributed by atoms with E-state index in [1.165, 1.54) is 11.3 Å². The van der Waals surface area contributed by atoms with Gasteiger partial charge in [-0.15, -0.1) is 11.3 Å². The number of Topliss-reactive ketones (excluding diaryl/α,β-unsaturated/α-hetero) is 1. The highest BCUT2D eigenvalue weighted by atomic mass is 32.1. The lowest BCUT2D eigenvalue weighted by atomic mass is 10.1. The monoisotopic (exact) mass is 218 g/mol. The predicted molar refractivity (Wildman–Crippen MR) is 59.1 cm³/mol. The summed E-state index contributed by atoms with van der Waals surface area (Å²) in [5.41, 5.74) is 1.66. The maximum atomic E-state index is 11.8. The summed E-state index contributed by atoms with van der Waals surface area (Å²) < 4.78 is 0. The van der Waals surface area contributed by atoms with E-state index in [0.717, 1.165) is 10.6 Å². The Morgan fingerprint density at radius 3 is 3.00 bits per heavy atom. The highest BCUT2D eigenvalue weighted by Gasteiger charge is 2.08. The molecule has 0 aliphatic carbocycles. The van der Waals surface area contributed by atoms with Gasteiger partial charge in [0.15, 0.2) is 5.78 Å². The van der Waals surface area contributed by atoms with E-state index in [1.54, 1.807) is 18.6 Å². The number of aromatic nitrogens is 2. The Labute approximate surface area is 91.8 Å². The normalized spacial score (nSPS) is 10.2. The lowest BCUT2D eigenvalue weighted by Crippen LogP contribution is -2.03. The van der Waals surface area contributed by atoms with Gasteiger partial charge in [-0.05, 0) is 18.6 Å². The molecule has 0 saturated carbocycles. The minimum absolute atomic E-state index is 0.0705. The molecule has 0 fully saturated rings. The molecule has 2 heterocycles. The molecule has 0 N–H and O–H groups in total. The zero-order valence-electron chi connectivity index (χ0n) is 8.30. The van der Waals surface area contributed by atoms with E-state index in [1.807, 2.05) is 18.4 Å². The topological polar surface area (TPSA) is 42.9 Å². The van der Waals surface area contributed by atoms with Gasteiger partial charge in [0.2, 0.25) is 0 Å². The molecule has 76 valence electrons. The van der Waals surface area contributed by atoms with Crippen LogP contribution in [0.4, 0.5) is 0 Å². The Morgan fingerprint density at radius 2 is 2.33 bits per heavy atom. The van der Waals surface area contributed by atoms with Gasteiger partial charge in [0, 0.05) is 29.5 Å². The molecule has 0 aliphatic heterocycles. The Balaban J connectivity index is 2.15. The zero-order chi connectivity index (χ0) is 10.7. The molecule has 0 aromatic carbocycles. The van der Waals surface area contributed by atoms with E-state index in [4.69, 9.17) is 0 Å². The Kier molecular flexibility index (Phi) is 2.87. The summed E-state index contributed by atoms with van der Waals surface area (Å²) in [5.74, 6) is 0.0705. The highest BCUT2D eigenvalue weighted by molar-refractivity contribution is 7.09. The molecule has 0 radical (unpaired) electrons. The molecule has 0 unspecified atom stereocenters. The van der Waals surface area contributed by atoms with E-state index in [9.17, 15) is 4.79 Å². The number of carbonyl (C=O) groups excluding carboxylic acids is 1. The lowest BCUT2D eigenvalue weighted by Gasteiger charge is -1.99. The van der Waals surface area contributed by atoms with Crippen LogP contribution in [-0.2, 0) is 6.42 Å². The van der Waals surface area contributed by atoms with Crippen molar-refractivity contribution in [1.29, 1.82) is 0 Å². The number of rotatable bonds is 3. The van der Waals surface area contributed by atoms with Gasteiger partial charge in [-0.25, -0.2) is 4.98 Å². The molecule has 3 nitrogen and oxygen atoms in total. The molecule has 0 saturated heterocycles. The van der Waals surface area contributed by atoms with Crippen molar-refractivity contribution in [2.45, 2.75) is 13.3 Å². The van der Waals surface area contributed by atoms with Crippen molar-refractivity contribution in [3.8, 4) is 0 Å². The lowest BCUT2D eigenvalue weighted by molar-refractivity contribution is 0.0992. The second-order valence-corrected chi connectivity index (χ2v) is 4.26. The van der Waals surface area contributed by atoms with Gasteiger partial charge >= 0.3 is 0 Å². The van der Waals surface area contributed by atoms with Crippen molar-refractivity contribution in [2.75, 3.05) is 0 Å². The fourth-order valence-corrected chi connectivity index (χ4v) is 1.90. The summed E-state index contributed by atoms with van der Waals surface area (Å²) in [7, 11) is 0. The van der Waals surface area contributed by atoms with Crippen LogP contribution in [0, 0.1) is 6.92 Å². The molecule has 2 aromatic rings.